The van der Waals surface area contributed by atoms with Crippen molar-refractivity contribution in [3.63, 3.8) is 0 Å². The van der Waals surface area contributed by atoms with Gasteiger partial charge in [0.25, 0.3) is 0 Å². The maximum atomic E-state index is 12.4. The molecule has 1 amide bonds. The van der Waals surface area contributed by atoms with Crippen LogP contribution in [0.25, 0.3) is 0 Å². The van der Waals surface area contributed by atoms with Gasteiger partial charge in [0.2, 0.25) is 5.91 Å². The van der Waals surface area contributed by atoms with E-state index in [1.54, 1.807) is 6.07 Å². The van der Waals surface area contributed by atoms with Crippen molar-refractivity contribution < 1.29 is 4.79 Å². The molecular formula is C13H13Cl2N5O. The van der Waals surface area contributed by atoms with E-state index in [1.807, 2.05) is 17.0 Å². The topological polar surface area (TPSA) is 63.9 Å². The number of tetrazole rings is 1. The molecule has 6 nitrogen and oxygen atoms in total. The normalized spacial score (nSPS) is 18.2. The van der Waals surface area contributed by atoms with Gasteiger partial charge in [0.05, 0.1) is 16.1 Å². The molecule has 1 aromatic carbocycles. The van der Waals surface area contributed by atoms with Gasteiger partial charge in [-0.15, -0.1) is 5.10 Å². The summed E-state index contributed by atoms with van der Waals surface area (Å²) in [5, 5.41) is 11.8. The smallest absolute Gasteiger partial charge is 0.244 e. The summed E-state index contributed by atoms with van der Waals surface area (Å²) in [6.45, 7) is 0.872. The number of hydrogen-bond acceptors (Lipinski definition) is 4. The van der Waals surface area contributed by atoms with Crippen LogP contribution in [0.15, 0.2) is 24.5 Å². The van der Waals surface area contributed by atoms with E-state index in [4.69, 9.17) is 23.2 Å². The minimum atomic E-state index is -0.00382. The molecule has 2 heterocycles. The number of amides is 1. The number of hydrogen-bond donors (Lipinski definition) is 0. The van der Waals surface area contributed by atoms with E-state index in [-0.39, 0.29) is 18.5 Å². The first-order chi connectivity index (χ1) is 10.1. The SMILES string of the molecule is O=C(Cn1cnnn1)N1CCC[C@@H]1c1ccc(Cl)c(Cl)c1. The lowest BCUT2D eigenvalue weighted by Gasteiger charge is -2.25. The van der Waals surface area contributed by atoms with E-state index in [0.29, 0.717) is 10.0 Å². The summed E-state index contributed by atoms with van der Waals surface area (Å²) in [5.41, 5.74) is 1.01. The van der Waals surface area contributed by atoms with Crippen molar-refractivity contribution in [2.75, 3.05) is 6.54 Å². The Bertz CT molecular complexity index is 646. The Morgan fingerprint density at radius 1 is 1.33 bits per heavy atom. The molecule has 0 radical (unpaired) electrons. The van der Waals surface area contributed by atoms with E-state index >= 15 is 0 Å². The second kappa shape index (κ2) is 5.99. The van der Waals surface area contributed by atoms with Crippen LogP contribution in [0.2, 0.25) is 10.0 Å². The first-order valence-electron chi connectivity index (χ1n) is 6.60. The van der Waals surface area contributed by atoms with Crippen LogP contribution in [-0.2, 0) is 11.3 Å². The predicted octanol–water partition coefficient (Wildman–Crippen LogP) is 2.34. The molecule has 1 saturated heterocycles. The Hall–Kier alpha value is -1.66. The Labute approximate surface area is 131 Å². The van der Waals surface area contributed by atoms with Gasteiger partial charge in [-0.05, 0) is 41.0 Å². The molecule has 2 aromatic rings. The van der Waals surface area contributed by atoms with Crippen molar-refractivity contribution in [3.05, 3.63) is 40.1 Å². The molecule has 0 spiro atoms. The van der Waals surface area contributed by atoms with Crippen molar-refractivity contribution in [1.82, 2.24) is 25.1 Å². The molecule has 1 aliphatic rings. The lowest BCUT2D eigenvalue weighted by Crippen LogP contribution is -2.33. The summed E-state index contributed by atoms with van der Waals surface area (Å²) in [7, 11) is 0. The highest BCUT2D eigenvalue weighted by Gasteiger charge is 2.30. The Kier molecular flexibility index (Phi) is 4.07. The quantitative estimate of drug-likeness (QED) is 0.868. The summed E-state index contributed by atoms with van der Waals surface area (Å²) in [6, 6.07) is 5.55. The van der Waals surface area contributed by atoms with Crippen LogP contribution in [0.3, 0.4) is 0 Å². The van der Waals surface area contributed by atoms with Crippen LogP contribution in [0.1, 0.15) is 24.4 Å². The Morgan fingerprint density at radius 3 is 2.90 bits per heavy atom. The third kappa shape index (κ3) is 3.01. The maximum absolute atomic E-state index is 12.4. The van der Waals surface area contributed by atoms with Gasteiger partial charge in [-0.2, -0.15) is 0 Å². The zero-order valence-corrected chi connectivity index (χ0v) is 12.6. The molecular weight excluding hydrogens is 313 g/mol. The van der Waals surface area contributed by atoms with Gasteiger partial charge in [0.1, 0.15) is 12.9 Å². The lowest BCUT2D eigenvalue weighted by atomic mass is 10.0. The van der Waals surface area contributed by atoms with E-state index in [0.717, 1.165) is 24.9 Å². The third-order valence-corrected chi connectivity index (χ3v) is 4.33. The summed E-state index contributed by atoms with van der Waals surface area (Å²) in [5.74, 6) is -0.00382. The molecule has 1 aliphatic heterocycles. The van der Waals surface area contributed by atoms with Gasteiger partial charge in [0.15, 0.2) is 0 Å². The van der Waals surface area contributed by atoms with Crippen LogP contribution >= 0.6 is 23.2 Å². The molecule has 8 heteroatoms. The van der Waals surface area contributed by atoms with E-state index in [1.165, 1.54) is 11.0 Å². The highest BCUT2D eigenvalue weighted by molar-refractivity contribution is 6.42. The van der Waals surface area contributed by atoms with Crippen LogP contribution in [0.4, 0.5) is 0 Å². The highest BCUT2D eigenvalue weighted by atomic mass is 35.5. The molecule has 1 aromatic heterocycles. The number of rotatable bonds is 3. The van der Waals surface area contributed by atoms with E-state index in [9.17, 15) is 4.79 Å². The first kappa shape index (κ1) is 14.3. The number of carbonyl (C=O) groups excluding carboxylic acids is 1. The third-order valence-electron chi connectivity index (χ3n) is 3.59. The second-order valence-electron chi connectivity index (χ2n) is 4.93. The number of likely N-dealkylation sites (tertiary alicyclic amines) is 1. The first-order valence-corrected chi connectivity index (χ1v) is 7.36. The molecule has 3 rings (SSSR count). The predicted molar refractivity (Wildman–Crippen MR) is 78.0 cm³/mol. The zero-order chi connectivity index (χ0) is 14.8. The Balaban J connectivity index is 1.78. The monoisotopic (exact) mass is 325 g/mol. The molecule has 0 aliphatic carbocycles. The van der Waals surface area contributed by atoms with Gasteiger partial charge in [0, 0.05) is 6.54 Å². The fourth-order valence-electron chi connectivity index (χ4n) is 2.61. The number of carbonyl (C=O) groups is 1. The number of benzene rings is 1. The summed E-state index contributed by atoms with van der Waals surface area (Å²) in [4.78, 5) is 14.2. The van der Waals surface area contributed by atoms with Crippen LogP contribution in [0.5, 0.6) is 0 Å². The minimum absolute atomic E-state index is 0.00382. The van der Waals surface area contributed by atoms with E-state index < -0.39 is 0 Å². The molecule has 0 N–H and O–H groups in total. The molecule has 21 heavy (non-hydrogen) atoms. The molecule has 0 saturated carbocycles. The van der Waals surface area contributed by atoms with Crippen molar-refractivity contribution in [2.45, 2.75) is 25.4 Å². The largest absolute Gasteiger partial charge is 0.334 e. The fourth-order valence-corrected chi connectivity index (χ4v) is 2.92. The average Bonchev–Trinajstić information content (AvgIpc) is 3.12. The van der Waals surface area contributed by atoms with Crippen LogP contribution in [-0.4, -0.2) is 37.6 Å². The van der Waals surface area contributed by atoms with E-state index in [2.05, 4.69) is 15.5 Å². The number of nitrogens with zero attached hydrogens (tertiary/aromatic N) is 5. The van der Waals surface area contributed by atoms with Crippen molar-refractivity contribution in [2.24, 2.45) is 0 Å². The summed E-state index contributed by atoms with van der Waals surface area (Å²) in [6.07, 6.45) is 3.31. The minimum Gasteiger partial charge on any atom is -0.334 e. The van der Waals surface area contributed by atoms with Gasteiger partial charge in [-0.1, -0.05) is 29.3 Å². The molecule has 0 unspecified atom stereocenters. The molecule has 1 fully saturated rings. The molecule has 1 atom stereocenters. The second-order valence-corrected chi connectivity index (χ2v) is 5.74. The van der Waals surface area contributed by atoms with Gasteiger partial charge < -0.3 is 4.90 Å². The molecule has 110 valence electrons. The summed E-state index contributed by atoms with van der Waals surface area (Å²) >= 11 is 12.0. The van der Waals surface area contributed by atoms with Gasteiger partial charge in [-0.3, -0.25) is 4.79 Å². The highest BCUT2D eigenvalue weighted by Crippen LogP contribution is 2.35. The van der Waals surface area contributed by atoms with Gasteiger partial charge >= 0.3 is 0 Å². The molecule has 0 bridgehead atoms. The number of halogens is 2. The van der Waals surface area contributed by atoms with Crippen LogP contribution < -0.4 is 0 Å². The van der Waals surface area contributed by atoms with Crippen molar-refractivity contribution >= 4 is 29.1 Å². The standard InChI is InChI=1S/C13H13Cl2N5O/c14-10-4-3-9(6-11(10)15)12-2-1-5-20(12)13(21)7-19-8-16-17-18-19/h3-4,6,8,12H,1-2,5,7H2/t12-/m1/s1. The number of aromatic nitrogens is 4. The lowest BCUT2D eigenvalue weighted by molar-refractivity contribution is -0.133. The fraction of sp³-hybridized carbons (Fsp3) is 0.385. The summed E-state index contributed by atoms with van der Waals surface area (Å²) < 4.78 is 1.42. The van der Waals surface area contributed by atoms with Crippen LogP contribution in [0, 0.1) is 0 Å². The zero-order valence-electron chi connectivity index (χ0n) is 11.1. The van der Waals surface area contributed by atoms with Crippen molar-refractivity contribution in [3.8, 4) is 0 Å². The maximum Gasteiger partial charge on any atom is 0.244 e. The Morgan fingerprint density at radius 2 is 2.19 bits per heavy atom. The average molecular weight is 326 g/mol. The van der Waals surface area contributed by atoms with Gasteiger partial charge in [-0.25, -0.2) is 4.68 Å². The van der Waals surface area contributed by atoms with Crippen molar-refractivity contribution in [1.29, 1.82) is 0 Å².